The molecule has 6 nitrogen and oxygen atoms in total. The largest absolute Gasteiger partial charge is 0.334 e. The summed E-state index contributed by atoms with van der Waals surface area (Å²) < 4.78 is 14.5. The molecule has 0 bridgehead atoms. The molecule has 0 radical (unpaired) electrons. The van der Waals surface area contributed by atoms with Gasteiger partial charge in [0.15, 0.2) is 0 Å². The fourth-order valence-electron chi connectivity index (χ4n) is 4.55. The van der Waals surface area contributed by atoms with Crippen LogP contribution < -0.4 is 4.90 Å². The average molecular weight is 475 g/mol. The Morgan fingerprint density at radius 1 is 0.886 bits per heavy atom. The summed E-state index contributed by atoms with van der Waals surface area (Å²) in [5.74, 6) is -0.919. The number of aromatic nitrogens is 1. The number of halogens is 1. The van der Waals surface area contributed by atoms with Crippen LogP contribution in [-0.2, 0) is 17.9 Å². The smallest absolute Gasteiger partial charge is 0.257 e. The van der Waals surface area contributed by atoms with E-state index in [0.29, 0.717) is 26.2 Å². The zero-order valence-corrected chi connectivity index (χ0v) is 20.1. The van der Waals surface area contributed by atoms with Crippen molar-refractivity contribution in [1.29, 1.82) is 0 Å². The minimum atomic E-state index is -0.529. The van der Waals surface area contributed by atoms with Gasteiger partial charge in [-0.3, -0.25) is 19.5 Å². The van der Waals surface area contributed by atoms with E-state index >= 15 is 0 Å². The Morgan fingerprint density at radius 3 is 2.34 bits per heavy atom. The van der Waals surface area contributed by atoms with Gasteiger partial charge in [-0.25, -0.2) is 4.39 Å². The lowest BCUT2D eigenvalue weighted by Crippen LogP contribution is -2.38. The third-order valence-corrected chi connectivity index (χ3v) is 6.29. The normalized spacial score (nSPS) is 15.6. The Balaban J connectivity index is 1.64. The molecule has 0 unspecified atom stereocenters. The molecule has 3 aromatic rings. The van der Waals surface area contributed by atoms with E-state index in [9.17, 15) is 14.0 Å². The van der Waals surface area contributed by atoms with Crippen LogP contribution in [0.5, 0.6) is 0 Å². The van der Waals surface area contributed by atoms with Crippen molar-refractivity contribution in [3.05, 3.63) is 95.6 Å². The second-order valence-electron chi connectivity index (χ2n) is 8.81. The van der Waals surface area contributed by atoms with Crippen molar-refractivity contribution in [3.8, 4) is 0 Å². The molecule has 2 heterocycles. The number of benzene rings is 2. The van der Waals surface area contributed by atoms with E-state index in [2.05, 4.69) is 9.88 Å². The van der Waals surface area contributed by atoms with Crippen molar-refractivity contribution in [2.24, 2.45) is 0 Å². The predicted molar refractivity (Wildman–Crippen MR) is 134 cm³/mol. The van der Waals surface area contributed by atoms with Crippen LogP contribution >= 0.6 is 0 Å². The molecule has 0 spiro atoms. The number of para-hydroxylation sites is 1. The van der Waals surface area contributed by atoms with E-state index in [1.807, 2.05) is 42.5 Å². The molecule has 0 saturated carbocycles. The first-order chi connectivity index (χ1) is 17.0. The maximum Gasteiger partial charge on any atom is 0.257 e. The molecule has 182 valence electrons. The first kappa shape index (κ1) is 24.5. The van der Waals surface area contributed by atoms with Crippen molar-refractivity contribution in [1.82, 2.24) is 14.8 Å². The number of amides is 2. The topological polar surface area (TPSA) is 56.8 Å². The Labute approximate surface area is 206 Å². The molecule has 7 heteroatoms. The summed E-state index contributed by atoms with van der Waals surface area (Å²) in [5.41, 5.74) is 2.71. The van der Waals surface area contributed by atoms with Crippen LogP contribution in [0.25, 0.3) is 0 Å². The summed E-state index contributed by atoms with van der Waals surface area (Å²) >= 11 is 0. The molecular weight excluding hydrogens is 443 g/mol. The maximum atomic E-state index is 14.5. The van der Waals surface area contributed by atoms with E-state index in [1.54, 1.807) is 35.1 Å². The number of anilines is 1. The quantitative estimate of drug-likeness (QED) is 0.561. The van der Waals surface area contributed by atoms with Gasteiger partial charge in [-0.15, -0.1) is 0 Å². The second kappa shape index (κ2) is 11.7. The van der Waals surface area contributed by atoms with Gasteiger partial charge in [0.25, 0.3) is 5.91 Å². The van der Waals surface area contributed by atoms with Gasteiger partial charge in [-0.2, -0.15) is 0 Å². The van der Waals surface area contributed by atoms with Gasteiger partial charge in [0, 0.05) is 58.1 Å². The van der Waals surface area contributed by atoms with Crippen molar-refractivity contribution in [3.63, 3.8) is 0 Å². The van der Waals surface area contributed by atoms with Gasteiger partial charge < -0.3 is 9.80 Å². The zero-order valence-electron chi connectivity index (χ0n) is 20.1. The number of hydrogen-bond donors (Lipinski definition) is 0. The molecule has 0 N–H and O–H groups in total. The maximum absolute atomic E-state index is 14.5. The minimum Gasteiger partial charge on any atom is -0.334 e. The highest BCUT2D eigenvalue weighted by Crippen LogP contribution is 2.25. The Bertz CT molecular complexity index is 1150. The molecule has 1 aromatic heterocycles. The van der Waals surface area contributed by atoms with E-state index < -0.39 is 5.82 Å². The molecule has 0 aliphatic carbocycles. The number of carbonyl (C=O) groups is 2. The number of carbonyl (C=O) groups excluding carboxylic acids is 2. The van der Waals surface area contributed by atoms with Gasteiger partial charge in [0.1, 0.15) is 5.82 Å². The molecule has 2 amide bonds. The van der Waals surface area contributed by atoms with E-state index in [1.165, 1.54) is 12.1 Å². The number of rotatable bonds is 3. The first-order valence-corrected chi connectivity index (χ1v) is 12.0. The van der Waals surface area contributed by atoms with Gasteiger partial charge in [0.05, 0.1) is 11.3 Å². The Morgan fingerprint density at radius 2 is 1.60 bits per heavy atom. The van der Waals surface area contributed by atoms with E-state index in [4.69, 9.17) is 0 Å². The Hall–Kier alpha value is -3.58. The van der Waals surface area contributed by atoms with Crippen molar-refractivity contribution < 1.29 is 14.0 Å². The molecule has 35 heavy (non-hydrogen) atoms. The summed E-state index contributed by atoms with van der Waals surface area (Å²) in [4.78, 5) is 36.3. The second-order valence-corrected chi connectivity index (χ2v) is 8.81. The summed E-state index contributed by atoms with van der Waals surface area (Å²) in [7, 11) is 0. The van der Waals surface area contributed by atoms with Crippen LogP contribution in [0.15, 0.2) is 72.9 Å². The third kappa shape index (κ3) is 6.31. The minimum absolute atomic E-state index is 0.0437. The van der Waals surface area contributed by atoms with Gasteiger partial charge in [-0.05, 0) is 48.7 Å². The molecule has 0 atom stereocenters. The van der Waals surface area contributed by atoms with Crippen LogP contribution in [0.2, 0.25) is 0 Å². The lowest BCUT2D eigenvalue weighted by atomic mass is 10.1. The highest BCUT2D eigenvalue weighted by atomic mass is 19.1. The van der Waals surface area contributed by atoms with Gasteiger partial charge >= 0.3 is 0 Å². The number of hydrogen-bond acceptors (Lipinski definition) is 4. The molecule has 0 fully saturated rings. The summed E-state index contributed by atoms with van der Waals surface area (Å²) in [6.07, 6.45) is 3.35. The van der Waals surface area contributed by atoms with Crippen LogP contribution in [0.3, 0.4) is 0 Å². The predicted octanol–water partition coefficient (Wildman–Crippen LogP) is 4.51. The van der Waals surface area contributed by atoms with E-state index in [0.717, 1.165) is 42.9 Å². The van der Waals surface area contributed by atoms with E-state index in [-0.39, 0.29) is 17.4 Å². The standard InChI is InChI=1S/C28H31FN4O2/c1-22(34)33-19-9-17-31(21-24-11-6-7-15-30-24)16-8-18-32(20-23-10-2-5-14-27(23)33)28(35)25-12-3-4-13-26(25)29/h2-7,10-15H,8-9,16-21H2,1H3. The highest BCUT2D eigenvalue weighted by molar-refractivity contribution is 5.95. The zero-order chi connectivity index (χ0) is 24.6. The van der Waals surface area contributed by atoms with Crippen LogP contribution in [0.4, 0.5) is 10.1 Å². The van der Waals surface area contributed by atoms with Gasteiger partial charge in [0.2, 0.25) is 5.91 Å². The van der Waals surface area contributed by atoms with Crippen LogP contribution in [0.1, 0.15) is 41.4 Å². The fourth-order valence-corrected chi connectivity index (χ4v) is 4.55. The summed E-state index contributed by atoms with van der Waals surface area (Å²) in [5, 5.41) is 0. The average Bonchev–Trinajstić information content (AvgIpc) is 2.86. The van der Waals surface area contributed by atoms with Crippen molar-refractivity contribution in [2.45, 2.75) is 32.9 Å². The molecule has 4 rings (SSSR count). The van der Waals surface area contributed by atoms with Crippen LogP contribution in [0, 0.1) is 5.82 Å². The number of pyridine rings is 1. The van der Waals surface area contributed by atoms with Crippen molar-refractivity contribution >= 4 is 17.5 Å². The van der Waals surface area contributed by atoms with Crippen LogP contribution in [-0.4, -0.2) is 52.8 Å². The lowest BCUT2D eigenvalue weighted by Gasteiger charge is -2.31. The monoisotopic (exact) mass is 474 g/mol. The first-order valence-electron chi connectivity index (χ1n) is 12.0. The highest BCUT2D eigenvalue weighted by Gasteiger charge is 2.23. The molecular formula is C28H31FN4O2. The lowest BCUT2D eigenvalue weighted by molar-refractivity contribution is -0.116. The molecule has 1 aliphatic rings. The fraction of sp³-hybridized carbons (Fsp3) is 0.321. The summed E-state index contributed by atoms with van der Waals surface area (Å²) in [6.45, 7) is 5.17. The molecule has 0 saturated heterocycles. The SMILES string of the molecule is CC(=O)N1CCCN(Cc2ccccn2)CCCN(C(=O)c2ccccc2F)Cc2ccccc21. The molecule has 2 aromatic carbocycles. The number of fused-ring (bicyclic) bond motifs is 1. The third-order valence-electron chi connectivity index (χ3n) is 6.29. The number of nitrogens with zero attached hydrogens (tertiary/aromatic N) is 4. The summed E-state index contributed by atoms with van der Waals surface area (Å²) in [6, 6.07) is 19.6. The Kier molecular flexibility index (Phi) is 8.21. The molecule has 1 aliphatic heterocycles. The van der Waals surface area contributed by atoms with Crippen molar-refractivity contribution in [2.75, 3.05) is 31.1 Å². The van der Waals surface area contributed by atoms with Gasteiger partial charge in [-0.1, -0.05) is 36.4 Å².